The van der Waals surface area contributed by atoms with Gasteiger partial charge in [0.2, 0.25) is 0 Å². The molecule has 0 spiro atoms. The number of benzene rings is 1. The molecule has 2 unspecified atom stereocenters. The molecule has 0 nitrogen and oxygen atoms in total. The van der Waals surface area contributed by atoms with Crippen LogP contribution in [0.25, 0.3) is 0 Å². The molecule has 1 aromatic carbocycles. The summed E-state index contributed by atoms with van der Waals surface area (Å²) in [6, 6.07) is 10.8. The summed E-state index contributed by atoms with van der Waals surface area (Å²) in [6.07, 6.45) is 4.25. The second-order valence-electron chi connectivity index (χ2n) is 3.88. The van der Waals surface area contributed by atoms with E-state index in [1.54, 1.807) is 0 Å². The molecule has 1 saturated carbocycles. The second-order valence-corrected chi connectivity index (χ2v) is 5.19. The zero-order valence-electron chi connectivity index (χ0n) is 8.07. The highest BCUT2D eigenvalue weighted by molar-refractivity contribution is 8.00. The lowest BCUT2D eigenvalue weighted by atomic mass is 10.1. The summed E-state index contributed by atoms with van der Waals surface area (Å²) in [6.45, 7) is 2.38. The van der Waals surface area contributed by atoms with Gasteiger partial charge in [-0.1, -0.05) is 31.5 Å². The molecular formula is C12H16S. The van der Waals surface area contributed by atoms with E-state index in [-0.39, 0.29) is 0 Å². The smallest absolute Gasteiger partial charge is 0.0120 e. The van der Waals surface area contributed by atoms with Crippen LogP contribution in [0.1, 0.15) is 26.2 Å². The third-order valence-corrected chi connectivity index (χ3v) is 4.36. The van der Waals surface area contributed by atoms with Crippen LogP contribution in [0.2, 0.25) is 0 Å². The van der Waals surface area contributed by atoms with Gasteiger partial charge in [-0.15, -0.1) is 11.8 Å². The van der Waals surface area contributed by atoms with Crippen LogP contribution in [0, 0.1) is 5.92 Å². The van der Waals surface area contributed by atoms with Crippen LogP contribution >= 0.6 is 11.8 Å². The Bertz CT molecular complexity index is 255. The Labute approximate surface area is 84.7 Å². The van der Waals surface area contributed by atoms with E-state index in [1.807, 2.05) is 0 Å². The topological polar surface area (TPSA) is 0 Å². The molecule has 1 fully saturated rings. The summed E-state index contributed by atoms with van der Waals surface area (Å²) in [7, 11) is 0. The maximum atomic E-state index is 2.38. The average Bonchev–Trinajstić information content (AvgIpc) is 2.54. The zero-order valence-corrected chi connectivity index (χ0v) is 8.89. The fourth-order valence-electron chi connectivity index (χ4n) is 1.96. The maximum Gasteiger partial charge on any atom is 0.0120 e. The highest BCUT2D eigenvalue weighted by Gasteiger charge is 2.23. The molecule has 0 heterocycles. The van der Waals surface area contributed by atoms with E-state index in [1.165, 1.54) is 24.2 Å². The minimum Gasteiger partial charge on any atom is -0.122 e. The van der Waals surface area contributed by atoms with E-state index in [2.05, 4.69) is 49.0 Å². The minimum absolute atomic E-state index is 0.863. The molecule has 13 heavy (non-hydrogen) atoms. The Kier molecular flexibility index (Phi) is 2.94. The first-order chi connectivity index (χ1) is 6.36. The summed E-state index contributed by atoms with van der Waals surface area (Å²) in [5, 5.41) is 0.863. The molecule has 0 amide bonds. The predicted octanol–water partition coefficient (Wildman–Crippen LogP) is 3.97. The van der Waals surface area contributed by atoms with Crippen LogP contribution in [0.4, 0.5) is 0 Å². The quantitative estimate of drug-likeness (QED) is 0.683. The van der Waals surface area contributed by atoms with Gasteiger partial charge in [0.15, 0.2) is 0 Å². The standard InChI is InChI=1S/C12H16S/c1-10-6-5-9-12(10)13-11-7-3-2-4-8-11/h2-4,7-8,10,12H,5-6,9H2,1H3. The van der Waals surface area contributed by atoms with Crippen LogP contribution in [-0.2, 0) is 0 Å². The first-order valence-corrected chi connectivity index (χ1v) is 5.96. The van der Waals surface area contributed by atoms with Crippen LogP contribution < -0.4 is 0 Å². The Morgan fingerprint density at radius 1 is 1.15 bits per heavy atom. The molecule has 2 atom stereocenters. The summed E-state index contributed by atoms with van der Waals surface area (Å²) >= 11 is 2.06. The summed E-state index contributed by atoms with van der Waals surface area (Å²) < 4.78 is 0. The van der Waals surface area contributed by atoms with Crippen LogP contribution in [0.5, 0.6) is 0 Å². The predicted molar refractivity (Wildman–Crippen MR) is 59.1 cm³/mol. The molecule has 1 aromatic rings. The van der Waals surface area contributed by atoms with Crippen molar-refractivity contribution in [1.82, 2.24) is 0 Å². The molecule has 70 valence electrons. The van der Waals surface area contributed by atoms with Crippen molar-refractivity contribution in [2.24, 2.45) is 5.92 Å². The summed E-state index contributed by atoms with van der Waals surface area (Å²) in [5.74, 6) is 0.908. The highest BCUT2D eigenvalue weighted by Crippen LogP contribution is 2.38. The average molecular weight is 192 g/mol. The molecule has 0 aromatic heterocycles. The summed E-state index contributed by atoms with van der Waals surface area (Å²) in [4.78, 5) is 1.43. The van der Waals surface area contributed by atoms with Crippen LogP contribution in [-0.4, -0.2) is 5.25 Å². The van der Waals surface area contributed by atoms with Crippen LogP contribution in [0.3, 0.4) is 0 Å². The van der Waals surface area contributed by atoms with Crippen molar-refractivity contribution < 1.29 is 0 Å². The number of thioether (sulfide) groups is 1. The largest absolute Gasteiger partial charge is 0.122 e. The lowest BCUT2D eigenvalue weighted by Gasteiger charge is -2.14. The van der Waals surface area contributed by atoms with Crippen molar-refractivity contribution >= 4 is 11.8 Å². The maximum absolute atomic E-state index is 2.38. The van der Waals surface area contributed by atoms with Crippen molar-refractivity contribution in [1.29, 1.82) is 0 Å². The fourth-order valence-corrected chi connectivity index (χ4v) is 3.28. The number of rotatable bonds is 2. The molecule has 1 aliphatic rings. The molecular weight excluding hydrogens is 176 g/mol. The zero-order chi connectivity index (χ0) is 9.10. The van der Waals surface area contributed by atoms with Gasteiger partial charge in [0.05, 0.1) is 0 Å². The molecule has 0 radical (unpaired) electrons. The van der Waals surface area contributed by atoms with Crippen molar-refractivity contribution in [2.75, 3.05) is 0 Å². The van der Waals surface area contributed by atoms with Crippen molar-refractivity contribution in [3.05, 3.63) is 30.3 Å². The third-order valence-electron chi connectivity index (χ3n) is 2.81. The van der Waals surface area contributed by atoms with Gasteiger partial charge >= 0.3 is 0 Å². The van der Waals surface area contributed by atoms with Gasteiger partial charge in [-0.05, 0) is 30.9 Å². The van der Waals surface area contributed by atoms with Gasteiger partial charge in [0.25, 0.3) is 0 Å². The molecule has 1 heteroatoms. The normalized spacial score (nSPS) is 27.8. The molecule has 0 saturated heterocycles. The molecule has 0 N–H and O–H groups in total. The molecule has 2 rings (SSSR count). The first kappa shape index (κ1) is 9.14. The first-order valence-electron chi connectivity index (χ1n) is 5.08. The minimum atomic E-state index is 0.863. The van der Waals surface area contributed by atoms with Gasteiger partial charge in [-0.3, -0.25) is 0 Å². The van der Waals surface area contributed by atoms with E-state index in [0.29, 0.717) is 0 Å². The van der Waals surface area contributed by atoms with E-state index in [4.69, 9.17) is 0 Å². The molecule has 0 bridgehead atoms. The Hall–Kier alpha value is -0.430. The van der Waals surface area contributed by atoms with E-state index in [0.717, 1.165) is 11.2 Å². The van der Waals surface area contributed by atoms with Gasteiger partial charge in [-0.25, -0.2) is 0 Å². The van der Waals surface area contributed by atoms with Gasteiger partial charge in [0.1, 0.15) is 0 Å². The number of hydrogen-bond donors (Lipinski definition) is 0. The van der Waals surface area contributed by atoms with E-state index >= 15 is 0 Å². The second kappa shape index (κ2) is 4.19. The summed E-state index contributed by atoms with van der Waals surface area (Å²) in [5.41, 5.74) is 0. The van der Waals surface area contributed by atoms with Crippen molar-refractivity contribution in [2.45, 2.75) is 36.3 Å². The Balaban J connectivity index is 1.98. The molecule has 0 aliphatic heterocycles. The number of hydrogen-bond acceptors (Lipinski definition) is 1. The lowest BCUT2D eigenvalue weighted by Crippen LogP contribution is -2.04. The van der Waals surface area contributed by atoms with Gasteiger partial charge in [-0.2, -0.15) is 0 Å². The highest BCUT2D eigenvalue weighted by atomic mass is 32.2. The SMILES string of the molecule is CC1CCCC1Sc1ccccc1. The van der Waals surface area contributed by atoms with E-state index in [9.17, 15) is 0 Å². The Morgan fingerprint density at radius 2 is 1.92 bits per heavy atom. The van der Waals surface area contributed by atoms with Gasteiger partial charge in [0, 0.05) is 10.1 Å². The van der Waals surface area contributed by atoms with E-state index < -0.39 is 0 Å². The monoisotopic (exact) mass is 192 g/mol. The molecule has 1 aliphatic carbocycles. The lowest BCUT2D eigenvalue weighted by molar-refractivity contribution is 0.624. The van der Waals surface area contributed by atoms with Crippen molar-refractivity contribution in [3.8, 4) is 0 Å². The Morgan fingerprint density at radius 3 is 2.54 bits per heavy atom. The van der Waals surface area contributed by atoms with Gasteiger partial charge < -0.3 is 0 Å². The fraction of sp³-hybridized carbons (Fsp3) is 0.500. The van der Waals surface area contributed by atoms with Crippen LogP contribution in [0.15, 0.2) is 35.2 Å². The van der Waals surface area contributed by atoms with Crippen molar-refractivity contribution in [3.63, 3.8) is 0 Å². The third kappa shape index (κ3) is 2.28.